The number of aromatic hydroxyl groups is 2. The summed E-state index contributed by atoms with van der Waals surface area (Å²) in [5.41, 5.74) is 0.629. The van der Waals surface area contributed by atoms with Gasteiger partial charge < -0.3 is 20.6 Å². The van der Waals surface area contributed by atoms with Gasteiger partial charge in [-0.3, -0.25) is 0 Å². The molecule has 0 saturated carbocycles. The van der Waals surface area contributed by atoms with Gasteiger partial charge in [0.1, 0.15) is 11.5 Å². The fourth-order valence-corrected chi connectivity index (χ4v) is 1.76. The first-order chi connectivity index (χ1) is 7.95. The molecule has 0 aliphatic rings. The molecule has 2 atom stereocenters. The molecule has 2 unspecified atom stereocenters. The van der Waals surface area contributed by atoms with Crippen LogP contribution in [0.3, 0.4) is 0 Å². The zero-order valence-electron chi connectivity index (χ0n) is 10.5. The average Bonchev–Trinajstić information content (AvgIpc) is 2.28. The molecule has 96 valence electrons. The molecule has 4 heteroatoms. The van der Waals surface area contributed by atoms with Crippen molar-refractivity contribution in [2.75, 3.05) is 6.61 Å². The minimum absolute atomic E-state index is 0.0354. The second-order valence-electron chi connectivity index (χ2n) is 4.66. The van der Waals surface area contributed by atoms with Gasteiger partial charge in [-0.2, -0.15) is 0 Å². The van der Waals surface area contributed by atoms with Crippen LogP contribution in [0, 0.1) is 5.92 Å². The van der Waals surface area contributed by atoms with E-state index in [1.807, 2.05) is 20.8 Å². The monoisotopic (exact) mass is 239 g/mol. The van der Waals surface area contributed by atoms with Gasteiger partial charge in [-0.25, -0.2) is 0 Å². The Morgan fingerprint density at radius 1 is 1.18 bits per heavy atom. The predicted molar refractivity (Wildman–Crippen MR) is 67.0 cm³/mol. The minimum Gasteiger partial charge on any atom is -0.508 e. The van der Waals surface area contributed by atoms with Crippen molar-refractivity contribution in [3.63, 3.8) is 0 Å². The van der Waals surface area contributed by atoms with Crippen molar-refractivity contribution < 1.29 is 15.3 Å². The largest absolute Gasteiger partial charge is 0.508 e. The van der Waals surface area contributed by atoms with Crippen molar-refractivity contribution >= 4 is 0 Å². The molecule has 4 N–H and O–H groups in total. The van der Waals surface area contributed by atoms with Crippen LogP contribution in [0.2, 0.25) is 0 Å². The second kappa shape index (κ2) is 5.89. The molecular weight excluding hydrogens is 218 g/mol. The van der Waals surface area contributed by atoms with Gasteiger partial charge in [0, 0.05) is 17.6 Å². The highest BCUT2D eigenvalue weighted by Crippen LogP contribution is 2.28. The highest BCUT2D eigenvalue weighted by Gasteiger charge is 2.18. The normalized spacial score (nSPS) is 14.9. The van der Waals surface area contributed by atoms with E-state index < -0.39 is 0 Å². The number of benzene rings is 1. The van der Waals surface area contributed by atoms with Gasteiger partial charge in [-0.15, -0.1) is 0 Å². The lowest BCUT2D eigenvalue weighted by molar-refractivity contribution is 0.201. The maximum atomic E-state index is 9.72. The summed E-state index contributed by atoms with van der Waals surface area (Å²) in [5.74, 6) is 0.557. The number of aliphatic hydroxyl groups is 1. The van der Waals surface area contributed by atoms with Crippen LogP contribution >= 0.6 is 0 Å². The number of phenolic OH excluding ortho intramolecular Hbond substituents is 2. The molecule has 0 amide bonds. The lowest BCUT2D eigenvalue weighted by atomic mass is 10.0. The molecule has 0 saturated heterocycles. The Morgan fingerprint density at radius 2 is 1.82 bits per heavy atom. The zero-order chi connectivity index (χ0) is 13.0. The Morgan fingerprint density at radius 3 is 2.35 bits per heavy atom. The van der Waals surface area contributed by atoms with Crippen LogP contribution in [0.15, 0.2) is 18.2 Å². The molecule has 1 rings (SSSR count). The molecule has 0 fully saturated rings. The third kappa shape index (κ3) is 3.61. The molecule has 0 aliphatic carbocycles. The summed E-state index contributed by atoms with van der Waals surface area (Å²) in [4.78, 5) is 0. The maximum absolute atomic E-state index is 9.72. The SMILES string of the molecule is CC(NC(CO)C(C)C)c1cc(O)ccc1O. The van der Waals surface area contributed by atoms with Gasteiger partial charge in [-0.1, -0.05) is 13.8 Å². The van der Waals surface area contributed by atoms with Crippen molar-refractivity contribution in [3.8, 4) is 11.5 Å². The van der Waals surface area contributed by atoms with E-state index in [9.17, 15) is 15.3 Å². The summed E-state index contributed by atoms with van der Waals surface area (Å²) in [6.45, 7) is 5.97. The average molecular weight is 239 g/mol. The smallest absolute Gasteiger partial charge is 0.120 e. The van der Waals surface area contributed by atoms with Gasteiger partial charge in [-0.05, 0) is 31.0 Å². The van der Waals surface area contributed by atoms with Crippen LogP contribution in [-0.2, 0) is 0 Å². The topological polar surface area (TPSA) is 72.7 Å². The van der Waals surface area contributed by atoms with Crippen molar-refractivity contribution in [2.24, 2.45) is 5.92 Å². The quantitative estimate of drug-likeness (QED) is 0.591. The molecular formula is C13H21NO3. The highest BCUT2D eigenvalue weighted by atomic mass is 16.3. The maximum Gasteiger partial charge on any atom is 0.120 e. The predicted octanol–water partition coefficient (Wildman–Crippen LogP) is 1.77. The first-order valence-electron chi connectivity index (χ1n) is 5.84. The van der Waals surface area contributed by atoms with Crippen molar-refractivity contribution in [3.05, 3.63) is 23.8 Å². The summed E-state index contributed by atoms with van der Waals surface area (Å²) in [7, 11) is 0. The van der Waals surface area contributed by atoms with E-state index in [0.717, 1.165) is 0 Å². The van der Waals surface area contributed by atoms with E-state index in [4.69, 9.17) is 0 Å². The van der Waals surface area contributed by atoms with Crippen LogP contribution in [0.1, 0.15) is 32.4 Å². The number of aliphatic hydroxyl groups excluding tert-OH is 1. The van der Waals surface area contributed by atoms with Crippen LogP contribution in [0.25, 0.3) is 0 Å². The van der Waals surface area contributed by atoms with Crippen molar-refractivity contribution in [2.45, 2.75) is 32.9 Å². The molecule has 1 aromatic carbocycles. The van der Waals surface area contributed by atoms with Gasteiger partial charge in [0.05, 0.1) is 6.61 Å². The molecule has 1 aromatic rings. The standard InChI is InChI=1S/C13H21NO3/c1-8(2)12(7-15)14-9(3)11-6-10(16)4-5-13(11)17/h4-6,8-9,12,14-17H,7H2,1-3H3. The summed E-state index contributed by atoms with van der Waals surface area (Å²) >= 11 is 0. The van der Waals surface area contributed by atoms with Gasteiger partial charge in [0.15, 0.2) is 0 Å². The van der Waals surface area contributed by atoms with E-state index in [-0.39, 0.29) is 30.2 Å². The molecule has 0 aromatic heterocycles. The Kier molecular flexibility index (Phi) is 4.78. The van der Waals surface area contributed by atoms with Gasteiger partial charge in [0.2, 0.25) is 0 Å². The van der Waals surface area contributed by atoms with Crippen LogP contribution < -0.4 is 5.32 Å². The summed E-state index contributed by atoms with van der Waals surface area (Å²) in [5, 5.41) is 31.6. The van der Waals surface area contributed by atoms with E-state index in [1.54, 1.807) is 0 Å². The first kappa shape index (κ1) is 13.8. The Hall–Kier alpha value is -1.26. The lowest BCUT2D eigenvalue weighted by Crippen LogP contribution is -2.38. The fourth-order valence-electron chi connectivity index (χ4n) is 1.76. The number of rotatable bonds is 5. The fraction of sp³-hybridized carbons (Fsp3) is 0.538. The lowest BCUT2D eigenvalue weighted by Gasteiger charge is -2.25. The molecule has 4 nitrogen and oxygen atoms in total. The van der Waals surface area contributed by atoms with E-state index >= 15 is 0 Å². The third-order valence-electron chi connectivity index (χ3n) is 2.94. The Balaban J connectivity index is 2.81. The molecule has 0 bridgehead atoms. The van der Waals surface area contributed by atoms with E-state index in [0.29, 0.717) is 11.5 Å². The number of phenols is 2. The zero-order valence-corrected chi connectivity index (χ0v) is 10.5. The van der Waals surface area contributed by atoms with Gasteiger partial charge in [0.25, 0.3) is 0 Å². The summed E-state index contributed by atoms with van der Waals surface area (Å²) in [6, 6.07) is 4.26. The number of hydrogen-bond acceptors (Lipinski definition) is 4. The van der Waals surface area contributed by atoms with Gasteiger partial charge >= 0.3 is 0 Å². The molecule has 17 heavy (non-hydrogen) atoms. The number of nitrogens with one attached hydrogen (secondary N) is 1. The first-order valence-corrected chi connectivity index (χ1v) is 5.84. The summed E-state index contributed by atoms with van der Waals surface area (Å²) in [6.07, 6.45) is 0. The van der Waals surface area contributed by atoms with Crippen LogP contribution in [0.5, 0.6) is 11.5 Å². The Labute approximate surface area is 102 Å². The molecule has 0 heterocycles. The number of hydrogen-bond donors (Lipinski definition) is 4. The van der Waals surface area contributed by atoms with Crippen molar-refractivity contribution in [1.29, 1.82) is 0 Å². The molecule has 0 spiro atoms. The molecule has 0 radical (unpaired) electrons. The van der Waals surface area contributed by atoms with Crippen LogP contribution in [-0.4, -0.2) is 28.0 Å². The minimum atomic E-state index is -0.137. The second-order valence-corrected chi connectivity index (χ2v) is 4.66. The Bertz CT molecular complexity index is 366. The molecule has 0 aliphatic heterocycles. The van der Waals surface area contributed by atoms with E-state index in [2.05, 4.69) is 5.32 Å². The van der Waals surface area contributed by atoms with Crippen molar-refractivity contribution in [1.82, 2.24) is 5.32 Å². The van der Waals surface area contributed by atoms with Crippen LogP contribution in [0.4, 0.5) is 0 Å². The van der Waals surface area contributed by atoms with E-state index in [1.165, 1.54) is 18.2 Å². The summed E-state index contributed by atoms with van der Waals surface area (Å²) < 4.78 is 0. The highest BCUT2D eigenvalue weighted by molar-refractivity contribution is 5.40. The third-order valence-corrected chi connectivity index (χ3v) is 2.94.